The number of hydrogen-bond acceptors (Lipinski definition) is 4. The maximum Gasteiger partial charge on any atom is 0.231 e. The van der Waals surface area contributed by atoms with Crippen molar-refractivity contribution in [1.82, 2.24) is 9.97 Å². The first-order chi connectivity index (χ1) is 11.7. The first-order valence-electron chi connectivity index (χ1n) is 7.55. The summed E-state index contributed by atoms with van der Waals surface area (Å²) < 4.78 is 0. The Bertz CT molecular complexity index is 824. The second-order valence-corrected chi connectivity index (χ2v) is 5.89. The standard InChI is InChI=1S/C18H16Cl2N4/c1-2-24(14-6-4-3-5-7-14)18-21-11-10-17(23-18)22-13-8-9-15(19)16(20)12-13/h3-12H,2H2,1H3,(H,21,22,23). The minimum atomic E-state index is 0.496. The molecule has 0 atom stereocenters. The van der Waals surface area contributed by atoms with Crippen LogP contribution in [0, 0.1) is 0 Å². The monoisotopic (exact) mass is 358 g/mol. The van der Waals surface area contributed by atoms with Crippen molar-refractivity contribution >= 4 is 46.3 Å². The summed E-state index contributed by atoms with van der Waals surface area (Å²) in [5, 5.41) is 4.24. The molecule has 0 unspecified atom stereocenters. The highest BCUT2D eigenvalue weighted by Crippen LogP contribution is 2.27. The Morgan fingerprint density at radius 1 is 1.00 bits per heavy atom. The Labute approximate surface area is 151 Å². The molecule has 122 valence electrons. The first-order valence-corrected chi connectivity index (χ1v) is 8.30. The average Bonchev–Trinajstić information content (AvgIpc) is 2.60. The van der Waals surface area contributed by atoms with Crippen molar-refractivity contribution in [3.05, 3.63) is 70.8 Å². The van der Waals surface area contributed by atoms with Crippen molar-refractivity contribution in [2.24, 2.45) is 0 Å². The van der Waals surface area contributed by atoms with Crippen molar-refractivity contribution in [2.75, 3.05) is 16.8 Å². The van der Waals surface area contributed by atoms with E-state index in [2.05, 4.69) is 22.2 Å². The highest BCUT2D eigenvalue weighted by atomic mass is 35.5. The molecule has 1 aromatic heterocycles. The number of nitrogens with one attached hydrogen (secondary N) is 1. The molecule has 0 saturated heterocycles. The quantitative estimate of drug-likeness (QED) is 0.636. The minimum absolute atomic E-state index is 0.496. The second-order valence-electron chi connectivity index (χ2n) is 5.08. The Morgan fingerprint density at radius 3 is 2.50 bits per heavy atom. The molecule has 3 rings (SSSR count). The normalized spacial score (nSPS) is 10.5. The lowest BCUT2D eigenvalue weighted by molar-refractivity contribution is 0.948. The number of aromatic nitrogens is 2. The maximum absolute atomic E-state index is 6.05. The largest absolute Gasteiger partial charge is 0.340 e. The van der Waals surface area contributed by atoms with Crippen LogP contribution in [0.2, 0.25) is 10.0 Å². The predicted molar refractivity (Wildman–Crippen MR) is 101 cm³/mol. The smallest absolute Gasteiger partial charge is 0.231 e. The summed E-state index contributed by atoms with van der Waals surface area (Å²) in [6.07, 6.45) is 1.73. The van der Waals surface area contributed by atoms with Crippen LogP contribution in [0.15, 0.2) is 60.8 Å². The van der Waals surface area contributed by atoms with E-state index in [1.807, 2.05) is 47.4 Å². The van der Waals surface area contributed by atoms with Crippen molar-refractivity contribution < 1.29 is 0 Å². The zero-order chi connectivity index (χ0) is 16.9. The fourth-order valence-corrected chi connectivity index (χ4v) is 2.62. The molecule has 0 amide bonds. The molecule has 1 heterocycles. The molecular formula is C18H16Cl2N4. The van der Waals surface area contributed by atoms with E-state index in [0.717, 1.165) is 17.9 Å². The van der Waals surface area contributed by atoms with Crippen molar-refractivity contribution in [1.29, 1.82) is 0 Å². The third-order valence-electron chi connectivity index (χ3n) is 3.46. The van der Waals surface area contributed by atoms with Crippen LogP contribution < -0.4 is 10.2 Å². The summed E-state index contributed by atoms with van der Waals surface area (Å²) in [4.78, 5) is 11.0. The van der Waals surface area contributed by atoms with Crippen LogP contribution in [0.4, 0.5) is 23.1 Å². The van der Waals surface area contributed by atoms with Crippen molar-refractivity contribution in [3.63, 3.8) is 0 Å². The second kappa shape index (κ2) is 7.51. The fourth-order valence-electron chi connectivity index (χ4n) is 2.32. The molecule has 6 heteroatoms. The van der Waals surface area contributed by atoms with Gasteiger partial charge in [-0.1, -0.05) is 41.4 Å². The van der Waals surface area contributed by atoms with E-state index in [9.17, 15) is 0 Å². The third-order valence-corrected chi connectivity index (χ3v) is 4.20. The Morgan fingerprint density at radius 2 is 1.79 bits per heavy atom. The number of hydrogen-bond donors (Lipinski definition) is 1. The first kappa shape index (κ1) is 16.6. The van der Waals surface area contributed by atoms with Gasteiger partial charge in [-0.2, -0.15) is 4.98 Å². The van der Waals surface area contributed by atoms with Gasteiger partial charge in [0.2, 0.25) is 5.95 Å². The van der Waals surface area contributed by atoms with Gasteiger partial charge in [-0.3, -0.25) is 0 Å². The zero-order valence-corrected chi connectivity index (χ0v) is 14.6. The van der Waals surface area contributed by atoms with Gasteiger partial charge in [-0.05, 0) is 43.3 Å². The molecule has 0 aliphatic rings. The number of para-hydroxylation sites is 1. The molecule has 24 heavy (non-hydrogen) atoms. The molecule has 0 saturated carbocycles. The van der Waals surface area contributed by atoms with Crippen LogP contribution in [0.3, 0.4) is 0 Å². The molecule has 0 bridgehead atoms. The van der Waals surface area contributed by atoms with Crippen LogP contribution in [-0.2, 0) is 0 Å². The Balaban J connectivity index is 1.86. The lowest BCUT2D eigenvalue weighted by atomic mass is 10.3. The van der Waals surface area contributed by atoms with Crippen LogP contribution in [-0.4, -0.2) is 16.5 Å². The van der Waals surface area contributed by atoms with Crippen molar-refractivity contribution in [3.8, 4) is 0 Å². The summed E-state index contributed by atoms with van der Waals surface area (Å²) in [5.41, 5.74) is 1.86. The van der Waals surface area contributed by atoms with E-state index < -0.39 is 0 Å². The van der Waals surface area contributed by atoms with Gasteiger partial charge in [0.25, 0.3) is 0 Å². The number of halogens is 2. The maximum atomic E-state index is 6.05. The van der Waals surface area contributed by atoms with Crippen LogP contribution >= 0.6 is 23.2 Å². The van der Waals surface area contributed by atoms with Gasteiger partial charge >= 0.3 is 0 Å². The van der Waals surface area contributed by atoms with Gasteiger partial charge in [0.1, 0.15) is 5.82 Å². The van der Waals surface area contributed by atoms with Crippen LogP contribution in [0.5, 0.6) is 0 Å². The van der Waals surface area contributed by atoms with E-state index >= 15 is 0 Å². The fraction of sp³-hybridized carbons (Fsp3) is 0.111. The minimum Gasteiger partial charge on any atom is -0.340 e. The molecule has 0 aliphatic heterocycles. The highest BCUT2D eigenvalue weighted by Gasteiger charge is 2.10. The molecule has 3 aromatic rings. The average molecular weight is 359 g/mol. The molecular weight excluding hydrogens is 343 g/mol. The zero-order valence-electron chi connectivity index (χ0n) is 13.1. The Kier molecular flexibility index (Phi) is 5.18. The Hall–Kier alpha value is -2.30. The summed E-state index contributed by atoms with van der Waals surface area (Å²) >= 11 is 12.0. The van der Waals surface area contributed by atoms with Gasteiger partial charge in [-0.25, -0.2) is 4.98 Å². The van der Waals surface area contributed by atoms with Crippen LogP contribution in [0.1, 0.15) is 6.92 Å². The van der Waals surface area contributed by atoms with E-state index in [4.69, 9.17) is 23.2 Å². The van der Waals surface area contributed by atoms with Gasteiger partial charge in [0.05, 0.1) is 10.0 Å². The van der Waals surface area contributed by atoms with E-state index in [-0.39, 0.29) is 0 Å². The summed E-state index contributed by atoms with van der Waals surface area (Å²) in [5.74, 6) is 1.32. The van der Waals surface area contributed by atoms with Crippen LogP contribution in [0.25, 0.3) is 0 Å². The van der Waals surface area contributed by atoms with E-state index in [1.54, 1.807) is 18.3 Å². The van der Waals surface area contributed by atoms with Gasteiger partial charge < -0.3 is 10.2 Å². The summed E-state index contributed by atoms with van der Waals surface area (Å²) in [7, 11) is 0. The molecule has 0 aliphatic carbocycles. The van der Waals surface area contributed by atoms with E-state index in [1.165, 1.54) is 0 Å². The highest BCUT2D eigenvalue weighted by molar-refractivity contribution is 6.42. The van der Waals surface area contributed by atoms with Crippen molar-refractivity contribution in [2.45, 2.75) is 6.92 Å². The molecule has 2 aromatic carbocycles. The lowest BCUT2D eigenvalue weighted by Crippen LogP contribution is -2.18. The number of nitrogens with zero attached hydrogens (tertiary/aromatic N) is 3. The summed E-state index contributed by atoms with van der Waals surface area (Å²) in [6.45, 7) is 2.83. The SMILES string of the molecule is CCN(c1ccccc1)c1nccc(Nc2ccc(Cl)c(Cl)c2)n1. The van der Waals surface area contributed by atoms with Gasteiger partial charge in [-0.15, -0.1) is 0 Å². The molecule has 0 fully saturated rings. The predicted octanol–water partition coefficient (Wildman–Crippen LogP) is 5.69. The molecule has 0 spiro atoms. The van der Waals surface area contributed by atoms with Gasteiger partial charge in [0, 0.05) is 24.1 Å². The number of benzene rings is 2. The number of rotatable bonds is 5. The topological polar surface area (TPSA) is 41.1 Å². The molecule has 1 N–H and O–H groups in total. The molecule has 0 radical (unpaired) electrons. The molecule has 4 nitrogen and oxygen atoms in total. The summed E-state index contributed by atoms with van der Waals surface area (Å²) in [6, 6.07) is 17.2. The number of anilines is 4. The van der Waals surface area contributed by atoms with Gasteiger partial charge in [0.15, 0.2) is 0 Å². The lowest BCUT2D eigenvalue weighted by Gasteiger charge is -2.21. The van der Waals surface area contributed by atoms with E-state index in [0.29, 0.717) is 21.8 Å². The third kappa shape index (κ3) is 3.78.